The van der Waals surface area contributed by atoms with Crippen molar-refractivity contribution in [3.8, 4) is 0 Å². The van der Waals surface area contributed by atoms with Gasteiger partial charge in [0.2, 0.25) is 0 Å². The second kappa shape index (κ2) is 8.85. The number of hydrogen-bond donors (Lipinski definition) is 0. The third-order valence-corrected chi connectivity index (χ3v) is 10.1. The molecule has 0 radical (unpaired) electrons. The van der Waals surface area contributed by atoms with Crippen LogP contribution in [0.5, 0.6) is 0 Å². The molecule has 10 heteroatoms. The molecule has 0 unspecified atom stereocenters. The minimum absolute atomic E-state index is 0.151. The van der Waals surface area contributed by atoms with Crippen LogP contribution in [0.4, 0.5) is 4.39 Å². The van der Waals surface area contributed by atoms with Gasteiger partial charge in [-0.3, -0.25) is 4.79 Å². The molecule has 0 saturated carbocycles. The number of carbonyl (C=O) groups excluding carboxylic acids is 1. The van der Waals surface area contributed by atoms with E-state index in [9.17, 15) is 13.2 Å². The largest absolute Gasteiger partial charge is 0.330 e. The lowest BCUT2D eigenvalue weighted by atomic mass is 10.1. The molecular weight excluding hydrogens is 539 g/mol. The van der Waals surface area contributed by atoms with Gasteiger partial charge in [-0.15, -0.1) is 11.3 Å². The summed E-state index contributed by atoms with van der Waals surface area (Å²) in [6.45, 7) is 0.972. The van der Waals surface area contributed by atoms with Crippen LogP contribution in [0.2, 0.25) is 5.02 Å². The Hall–Kier alpha value is -1.81. The summed E-state index contributed by atoms with van der Waals surface area (Å²) in [4.78, 5) is 19.2. The van der Waals surface area contributed by atoms with Gasteiger partial charge in [0.1, 0.15) is 5.01 Å². The maximum absolute atomic E-state index is 16.2. The van der Waals surface area contributed by atoms with E-state index >= 15 is 4.39 Å². The molecule has 4 rings (SSSR count). The zero-order valence-electron chi connectivity index (χ0n) is 17.0. The molecule has 1 amide bonds. The lowest BCUT2D eigenvalue weighted by molar-refractivity contribution is 0.0576. The Kier molecular flexibility index (Phi) is 6.46. The fourth-order valence-corrected chi connectivity index (χ4v) is 7.22. The molecule has 0 bridgehead atoms. The summed E-state index contributed by atoms with van der Waals surface area (Å²) in [5, 5.41) is -2.58. The van der Waals surface area contributed by atoms with Crippen LogP contribution in [-0.2, 0) is 21.3 Å². The number of hydrogen-bond acceptors (Lipinski definition) is 5. The van der Waals surface area contributed by atoms with E-state index in [-0.39, 0.29) is 10.6 Å². The minimum atomic E-state index is -4.19. The van der Waals surface area contributed by atoms with Gasteiger partial charge in [-0.1, -0.05) is 41.9 Å². The van der Waals surface area contributed by atoms with Gasteiger partial charge in [-0.2, -0.15) is 0 Å². The third-order valence-electron chi connectivity index (χ3n) is 5.38. The summed E-state index contributed by atoms with van der Waals surface area (Å²) in [7, 11) is -4.19. The van der Waals surface area contributed by atoms with E-state index < -0.39 is 39.1 Å². The average molecular weight is 558 g/mol. The van der Waals surface area contributed by atoms with Gasteiger partial charge in [0, 0.05) is 33.6 Å². The fraction of sp³-hybridized carbons (Fsp3) is 0.273. The highest BCUT2D eigenvalue weighted by Gasteiger charge is 2.55. The number of alkyl halides is 1. The van der Waals surface area contributed by atoms with Crippen LogP contribution < -0.4 is 0 Å². The standard InChI is InChI=1S/C22H19BrClFN2O3S2/c1-14-12-32(29,30)22(25,13-27(14)20(28)16-7-8-18(23)19(24)10-16)21-26-11-17(31-21)9-15-5-3-2-4-6-15/h2-8,10-11,14H,9,12-13H2,1H3/t14-,22+/m1/s1. The molecule has 3 aromatic rings. The van der Waals surface area contributed by atoms with E-state index in [1.54, 1.807) is 19.1 Å². The molecule has 168 valence electrons. The lowest BCUT2D eigenvalue weighted by Crippen LogP contribution is -2.57. The molecule has 2 atom stereocenters. The van der Waals surface area contributed by atoms with Crippen molar-refractivity contribution in [3.05, 3.63) is 85.2 Å². The summed E-state index contributed by atoms with van der Waals surface area (Å²) in [5.41, 5.74) is 1.27. The molecule has 1 fully saturated rings. The molecule has 0 aliphatic carbocycles. The first-order valence-corrected chi connectivity index (χ1v) is 13.4. The molecular formula is C22H19BrClFN2O3S2. The number of thiazole rings is 1. The number of halogens is 3. The Labute approximate surface area is 203 Å². The molecule has 1 saturated heterocycles. The van der Waals surface area contributed by atoms with Gasteiger partial charge >= 0.3 is 0 Å². The molecule has 32 heavy (non-hydrogen) atoms. The normalized spacial score (nSPS) is 22.6. The molecule has 1 aromatic heterocycles. The van der Waals surface area contributed by atoms with Gasteiger partial charge in [0.25, 0.3) is 10.9 Å². The van der Waals surface area contributed by atoms with Gasteiger partial charge < -0.3 is 4.90 Å². The summed E-state index contributed by atoms with van der Waals surface area (Å²) in [6, 6.07) is 13.6. The zero-order chi connectivity index (χ0) is 23.1. The van der Waals surface area contributed by atoms with Crippen molar-refractivity contribution in [1.29, 1.82) is 0 Å². The predicted octanol–water partition coefficient (Wildman–Crippen LogP) is 5.23. The highest BCUT2D eigenvalue weighted by Crippen LogP contribution is 2.41. The van der Waals surface area contributed by atoms with Gasteiger partial charge in [-0.05, 0) is 46.6 Å². The van der Waals surface area contributed by atoms with Crippen LogP contribution in [0.15, 0.2) is 59.2 Å². The number of benzene rings is 2. The number of amides is 1. The monoisotopic (exact) mass is 556 g/mol. The Morgan fingerprint density at radius 1 is 1.31 bits per heavy atom. The average Bonchev–Trinajstić information content (AvgIpc) is 3.22. The minimum Gasteiger partial charge on any atom is -0.330 e. The van der Waals surface area contributed by atoms with Crippen LogP contribution in [0.1, 0.15) is 32.7 Å². The first kappa shape index (κ1) is 23.4. The Bertz CT molecular complexity index is 1270. The maximum Gasteiger partial charge on any atom is 0.278 e. The van der Waals surface area contributed by atoms with Crippen LogP contribution in [0.3, 0.4) is 0 Å². The van der Waals surface area contributed by atoms with Crippen molar-refractivity contribution in [2.24, 2.45) is 0 Å². The van der Waals surface area contributed by atoms with E-state index in [0.29, 0.717) is 15.9 Å². The van der Waals surface area contributed by atoms with Crippen molar-refractivity contribution in [2.75, 3.05) is 12.3 Å². The maximum atomic E-state index is 16.2. The number of nitrogens with zero attached hydrogens (tertiary/aromatic N) is 2. The topological polar surface area (TPSA) is 67.3 Å². The quantitative estimate of drug-likeness (QED) is 0.441. The van der Waals surface area contributed by atoms with E-state index in [0.717, 1.165) is 21.8 Å². The third kappa shape index (κ3) is 4.35. The second-order valence-electron chi connectivity index (χ2n) is 7.71. The number of aromatic nitrogens is 1. The van der Waals surface area contributed by atoms with Gasteiger partial charge in [0.15, 0.2) is 9.84 Å². The molecule has 2 aromatic carbocycles. The van der Waals surface area contributed by atoms with Gasteiger partial charge in [-0.25, -0.2) is 17.8 Å². The molecule has 0 N–H and O–H groups in total. The lowest BCUT2D eigenvalue weighted by Gasteiger charge is -2.40. The van der Waals surface area contributed by atoms with Crippen LogP contribution in [0, 0.1) is 0 Å². The number of rotatable bonds is 4. The van der Waals surface area contributed by atoms with E-state index in [1.165, 1.54) is 17.2 Å². The second-order valence-corrected chi connectivity index (χ2v) is 12.3. The molecule has 0 spiro atoms. The molecule has 1 aliphatic heterocycles. The van der Waals surface area contributed by atoms with Crippen molar-refractivity contribution in [1.82, 2.24) is 9.88 Å². The zero-order valence-corrected chi connectivity index (χ0v) is 20.9. The van der Waals surface area contributed by atoms with E-state index in [2.05, 4.69) is 20.9 Å². The highest BCUT2D eigenvalue weighted by atomic mass is 79.9. The fourth-order valence-electron chi connectivity index (χ4n) is 3.64. The smallest absolute Gasteiger partial charge is 0.278 e. The first-order chi connectivity index (χ1) is 15.1. The number of sulfone groups is 1. The summed E-state index contributed by atoms with van der Waals surface area (Å²) < 4.78 is 42.7. The van der Waals surface area contributed by atoms with Crippen LogP contribution >= 0.6 is 38.9 Å². The van der Waals surface area contributed by atoms with Crippen molar-refractivity contribution < 1.29 is 17.6 Å². The van der Waals surface area contributed by atoms with Gasteiger partial charge in [0.05, 0.1) is 17.3 Å². The summed E-state index contributed by atoms with van der Waals surface area (Å²) >= 11 is 10.4. The first-order valence-electron chi connectivity index (χ1n) is 9.77. The molecule has 1 aliphatic rings. The van der Waals surface area contributed by atoms with E-state index in [1.807, 2.05) is 30.3 Å². The van der Waals surface area contributed by atoms with E-state index in [4.69, 9.17) is 11.6 Å². The van der Waals surface area contributed by atoms with Crippen LogP contribution in [0.25, 0.3) is 0 Å². The summed E-state index contributed by atoms with van der Waals surface area (Å²) in [5.74, 6) is -0.975. The molecule has 5 nitrogen and oxygen atoms in total. The summed E-state index contributed by atoms with van der Waals surface area (Å²) in [6.07, 6.45) is 2.02. The van der Waals surface area contributed by atoms with Crippen molar-refractivity contribution in [3.63, 3.8) is 0 Å². The van der Waals surface area contributed by atoms with Crippen LogP contribution in [-0.4, -0.2) is 42.5 Å². The molecule has 2 heterocycles. The Balaban J connectivity index is 1.65. The van der Waals surface area contributed by atoms with Crippen molar-refractivity contribution >= 4 is 54.6 Å². The highest BCUT2D eigenvalue weighted by molar-refractivity contribution is 9.10. The number of carbonyl (C=O) groups is 1. The van der Waals surface area contributed by atoms with Crippen molar-refractivity contribution in [2.45, 2.75) is 24.4 Å². The SMILES string of the molecule is C[C@@H]1CS(=O)(=O)[C@](F)(c2ncc(Cc3ccccc3)s2)CN1C(=O)c1ccc(Br)c(Cl)c1. The Morgan fingerprint density at radius 2 is 2.03 bits per heavy atom. The Morgan fingerprint density at radius 3 is 2.72 bits per heavy atom. The predicted molar refractivity (Wildman–Crippen MR) is 128 cm³/mol.